The van der Waals surface area contributed by atoms with Crippen molar-refractivity contribution in [1.82, 2.24) is 0 Å². The van der Waals surface area contributed by atoms with Gasteiger partial charge in [0.2, 0.25) is 0 Å². The minimum atomic E-state index is 0.149. The molecule has 1 saturated carbocycles. The predicted octanol–water partition coefficient (Wildman–Crippen LogP) is 3.92. The van der Waals surface area contributed by atoms with Gasteiger partial charge >= 0.3 is 0 Å². The fourth-order valence-electron chi connectivity index (χ4n) is 3.16. The van der Waals surface area contributed by atoms with Crippen LogP contribution in [-0.2, 0) is 14.9 Å². The van der Waals surface area contributed by atoms with E-state index >= 15 is 0 Å². The zero-order valence-electron chi connectivity index (χ0n) is 14.6. The van der Waals surface area contributed by atoms with Crippen molar-refractivity contribution in [2.45, 2.75) is 31.3 Å². The number of benzene rings is 2. The molecule has 1 aliphatic heterocycles. The van der Waals surface area contributed by atoms with Gasteiger partial charge < -0.3 is 18.9 Å². The van der Waals surface area contributed by atoms with E-state index in [2.05, 4.69) is 36.4 Å². The molecule has 0 spiro atoms. The van der Waals surface area contributed by atoms with Crippen LogP contribution < -0.4 is 9.47 Å². The van der Waals surface area contributed by atoms with E-state index < -0.39 is 0 Å². The Balaban J connectivity index is 1.42. The first-order valence-corrected chi connectivity index (χ1v) is 8.96. The van der Waals surface area contributed by atoms with E-state index in [0.717, 1.165) is 18.1 Å². The average molecular weight is 340 g/mol. The Morgan fingerprint density at radius 1 is 0.920 bits per heavy atom. The Morgan fingerprint density at radius 2 is 1.48 bits per heavy atom. The van der Waals surface area contributed by atoms with Gasteiger partial charge in [-0.1, -0.05) is 24.3 Å². The number of hydrogen-bond acceptors (Lipinski definition) is 4. The fraction of sp³-hybridized carbons (Fsp3) is 0.429. The lowest BCUT2D eigenvalue weighted by Gasteiger charge is -2.17. The first-order chi connectivity index (χ1) is 12.3. The summed E-state index contributed by atoms with van der Waals surface area (Å²) in [5.41, 5.74) is 2.85. The molecule has 4 nitrogen and oxygen atoms in total. The van der Waals surface area contributed by atoms with Crippen molar-refractivity contribution < 1.29 is 18.9 Å². The van der Waals surface area contributed by atoms with Crippen LogP contribution in [0.15, 0.2) is 48.5 Å². The van der Waals surface area contributed by atoms with E-state index in [4.69, 9.17) is 18.9 Å². The Hall–Kier alpha value is -2.04. The quantitative estimate of drug-likeness (QED) is 0.394. The predicted molar refractivity (Wildman–Crippen MR) is 95.3 cm³/mol. The zero-order chi connectivity index (χ0) is 17.1. The lowest BCUT2D eigenvalue weighted by molar-refractivity contribution is 0.0224. The minimum Gasteiger partial charge on any atom is -0.491 e. The van der Waals surface area contributed by atoms with Crippen molar-refractivity contribution in [3.05, 3.63) is 59.7 Å². The van der Waals surface area contributed by atoms with Gasteiger partial charge in [-0.05, 0) is 55.2 Å². The van der Waals surface area contributed by atoms with Gasteiger partial charge in [-0.15, -0.1) is 0 Å². The maximum atomic E-state index is 5.73. The third kappa shape index (κ3) is 3.80. The second-order valence-electron chi connectivity index (χ2n) is 6.65. The third-order valence-corrected chi connectivity index (χ3v) is 4.92. The van der Waals surface area contributed by atoms with Gasteiger partial charge in [0.1, 0.15) is 24.2 Å². The highest BCUT2D eigenvalue weighted by Crippen LogP contribution is 2.53. The van der Waals surface area contributed by atoms with Crippen molar-refractivity contribution >= 4 is 0 Å². The van der Waals surface area contributed by atoms with Crippen LogP contribution in [0.3, 0.4) is 0 Å². The van der Waals surface area contributed by atoms with Crippen molar-refractivity contribution in [3.63, 3.8) is 0 Å². The lowest BCUT2D eigenvalue weighted by atomic mass is 9.88. The lowest BCUT2D eigenvalue weighted by Crippen LogP contribution is -2.09. The minimum absolute atomic E-state index is 0.149. The van der Waals surface area contributed by atoms with Crippen molar-refractivity contribution in [2.24, 2.45) is 0 Å². The highest BCUT2D eigenvalue weighted by atomic mass is 16.7. The number of ether oxygens (including phenoxy) is 4. The fourth-order valence-corrected chi connectivity index (χ4v) is 3.16. The van der Waals surface area contributed by atoms with E-state index in [-0.39, 0.29) is 11.5 Å². The van der Waals surface area contributed by atoms with E-state index in [1.807, 2.05) is 19.1 Å². The summed E-state index contributed by atoms with van der Waals surface area (Å²) in [5, 5.41) is 0. The summed E-state index contributed by atoms with van der Waals surface area (Å²) in [6.07, 6.45) is 2.66. The summed E-state index contributed by atoms with van der Waals surface area (Å²) in [6.45, 7) is 4.39. The normalized spacial score (nSPS) is 20.1. The number of hydrogen-bond donors (Lipinski definition) is 0. The van der Waals surface area contributed by atoms with Gasteiger partial charge in [0, 0.05) is 12.0 Å². The molecule has 2 aromatic rings. The first-order valence-electron chi connectivity index (χ1n) is 8.96. The highest BCUT2D eigenvalue weighted by molar-refractivity contribution is 5.47. The Kier molecular flexibility index (Phi) is 4.64. The number of rotatable bonds is 9. The van der Waals surface area contributed by atoms with Crippen molar-refractivity contribution in [1.29, 1.82) is 0 Å². The summed E-state index contributed by atoms with van der Waals surface area (Å²) in [5.74, 6) is 1.76. The van der Waals surface area contributed by atoms with Crippen LogP contribution in [0.4, 0.5) is 0 Å². The van der Waals surface area contributed by atoms with E-state index in [1.165, 1.54) is 24.0 Å². The molecule has 0 aromatic heterocycles. The SMILES string of the molecule is CCOCOc1ccc(C2(c3ccc(OCC4CO4)cc3)CC2)cc1. The average Bonchev–Trinajstić information content (AvgIpc) is 3.56. The number of epoxide rings is 1. The van der Waals surface area contributed by atoms with Crippen LogP contribution in [-0.4, -0.2) is 32.7 Å². The molecule has 4 heteroatoms. The van der Waals surface area contributed by atoms with Gasteiger partial charge in [-0.2, -0.15) is 0 Å². The highest BCUT2D eigenvalue weighted by Gasteiger charge is 2.45. The molecule has 1 aliphatic carbocycles. The Morgan fingerprint density at radius 3 is 1.96 bits per heavy atom. The van der Waals surface area contributed by atoms with Crippen LogP contribution in [0, 0.1) is 0 Å². The van der Waals surface area contributed by atoms with E-state index in [9.17, 15) is 0 Å². The second-order valence-corrected chi connectivity index (χ2v) is 6.65. The summed E-state index contributed by atoms with van der Waals surface area (Å²) < 4.78 is 21.7. The smallest absolute Gasteiger partial charge is 0.189 e. The zero-order valence-corrected chi connectivity index (χ0v) is 14.6. The molecule has 0 N–H and O–H groups in total. The van der Waals surface area contributed by atoms with Gasteiger partial charge in [0.25, 0.3) is 0 Å². The molecule has 2 aliphatic rings. The third-order valence-electron chi connectivity index (χ3n) is 4.92. The molecule has 0 amide bonds. The molecule has 25 heavy (non-hydrogen) atoms. The summed E-state index contributed by atoms with van der Waals surface area (Å²) >= 11 is 0. The first kappa shape index (κ1) is 16.4. The topological polar surface area (TPSA) is 40.2 Å². The van der Waals surface area contributed by atoms with Gasteiger partial charge in [0.05, 0.1) is 6.61 Å². The molecule has 1 saturated heterocycles. The summed E-state index contributed by atoms with van der Waals surface area (Å²) in [7, 11) is 0. The Labute approximate surface area is 148 Å². The molecule has 4 rings (SSSR count). The van der Waals surface area contributed by atoms with Gasteiger partial charge in [-0.3, -0.25) is 0 Å². The molecule has 1 heterocycles. The molecule has 2 aromatic carbocycles. The van der Waals surface area contributed by atoms with E-state index in [0.29, 0.717) is 20.0 Å². The van der Waals surface area contributed by atoms with Crippen LogP contribution >= 0.6 is 0 Å². The molecule has 2 fully saturated rings. The van der Waals surface area contributed by atoms with Crippen LogP contribution in [0.1, 0.15) is 30.9 Å². The standard InChI is InChI=1S/C21H24O4/c1-2-22-15-25-19-9-5-17(6-10-19)21(11-12-21)16-3-7-18(8-4-16)23-13-20-14-24-20/h3-10,20H,2,11-15H2,1H3. The second kappa shape index (κ2) is 7.06. The van der Waals surface area contributed by atoms with Gasteiger partial charge in [-0.25, -0.2) is 0 Å². The molecule has 1 atom stereocenters. The molecule has 1 unspecified atom stereocenters. The summed E-state index contributed by atoms with van der Waals surface area (Å²) in [6, 6.07) is 16.9. The molecule has 0 bridgehead atoms. The van der Waals surface area contributed by atoms with Crippen LogP contribution in [0.25, 0.3) is 0 Å². The van der Waals surface area contributed by atoms with Crippen molar-refractivity contribution in [3.8, 4) is 11.5 Å². The maximum Gasteiger partial charge on any atom is 0.189 e. The van der Waals surface area contributed by atoms with E-state index in [1.54, 1.807) is 0 Å². The molecular weight excluding hydrogens is 316 g/mol. The molecule has 0 radical (unpaired) electrons. The summed E-state index contributed by atoms with van der Waals surface area (Å²) in [4.78, 5) is 0. The largest absolute Gasteiger partial charge is 0.491 e. The van der Waals surface area contributed by atoms with Gasteiger partial charge in [0.15, 0.2) is 6.79 Å². The van der Waals surface area contributed by atoms with Crippen molar-refractivity contribution in [2.75, 3.05) is 26.6 Å². The Bertz CT molecular complexity index is 685. The van der Waals surface area contributed by atoms with Crippen LogP contribution in [0.5, 0.6) is 11.5 Å². The van der Waals surface area contributed by atoms with Crippen LogP contribution in [0.2, 0.25) is 0 Å². The maximum absolute atomic E-state index is 5.73. The molecule has 132 valence electrons. The monoisotopic (exact) mass is 340 g/mol. The molecular formula is C21H24O4.